The number of allylic oxidation sites excluding steroid dienone is 3. The predicted octanol–water partition coefficient (Wildman–Crippen LogP) is 4.86. The molecule has 0 aromatic carbocycles. The van der Waals surface area contributed by atoms with Crippen molar-refractivity contribution in [3.8, 4) is 0 Å². The summed E-state index contributed by atoms with van der Waals surface area (Å²) in [6.45, 7) is 2.66. The maximum Gasteiger partial charge on any atom is 0.307 e. The number of nitrogens with zero attached hydrogens (tertiary/aromatic N) is 1. The smallest absolute Gasteiger partial charge is 0.307 e. The minimum absolute atomic E-state index is 0.155. The molecule has 0 rings (SSSR count). The van der Waals surface area contributed by atoms with Gasteiger partial charge in [-0.1, -0.05) is 76.2 Å². The average molecular weight is 441 g/mol. The molecular formula is C25H46NO5+. The molecule has 0 aliphatic heterocycles. The largest absolute Gasteiger partial charge is 0.481 e. The van der Waals surface area contributed by atoms with Crippen molar-refractivity contribution in [1.82, 2.24) is 0 Å². The number of hydrogen-bond donors (Lipinski definition) is 2. The van der Waals surface area contributed by atoms with Gasteiger partial charge in [0.1, 0.15) is 6.54 Å². The maximum absolute atomic E-state index is 12.0. The predicted molar refractivity (Wildman–Crippen MR) is 126 cm³/mol. The number of aliphatic carboxylic acids is 1. The molecule has 0 aromatic rings. The number of esters is 1. The van der Waals surface area contributed by atoms with E-state index in [4.69, 9.17) is 9.84 Å². The molecule has 2 unspecified atom stereocenters. The van der Waals surface area contributed by atoms with Crippen LogP contribution in [-0.4, -0.2) is 66.5 Å². The van der Waals surface area contributed by atoms with E-state index in [-0.39, 0.29) is 18.5 Å². The number of carboxylic acid groups (broad SMARTS) is 1. The topological polar surface area (TPSA) is 83.8 Å². The fourth-order valence-corrected chi connectivity index (χ4v) is 3.31. The second-order valence-corrected chi connectivity index (χ2v) is 9.37. The van der Waals surface area contributed by atoms with Crippen LogP contribution >= 0.6 is 0 Å². The molecule has 0 spiro atoms. The van der Waals surface area contributed by atoms with Crippen molar-refractivity contribution in [3.05, 3.63) is 24.3 Å². The zero-order valence-corrected chi connectivity index (χ0v) is 20.2. The van der Waals surface area contributed by atoms with E-state index < -0.39 is 12.1 Å². The molecule has 6 nitrogen and oxygen atoms in total. The molecule has 0 amide bonds. The van der Waals surface area contributed by atoms with Gasteiger partial charge in [0.15, 0.2) is 6.10 Å². The summed E-state index contributed by atoms with van der Waals surface area (Å²) in [4.78, 5) is 23.0. The van der Waals surface area contributed by atoms with Crippen molar-refractivity contribution in [2.75, 3.05) is 27.7 Å². The summed E-state index contributed by atoms with van der Waals surface area (Å²) < 4.78 is 5.94. The van der Waals surface area contributed by atoms with Gasteiger partial charge in [-0.2, -0.15) is 0 Å². The molecule has 2 atom stereocenters. The summed E-state index contributed by atoms with van der Waals surface area (Å²) in [5.74, 6) is -1.26. The van der Waals surface area contributed by atoms with Crippen molar-refractivity contribution in [2.24, 2.45) is 0 Å². The molecule has 0 saturated heterocycles. The van der Waals surface area contributed by atoms with Crippen molar-refractivity contribution in [1.29, 1.82) is 0 Å². The summed E-state index contributed by atoms with van der Waals surface area (Å²) >= 11 is 0. The summed E-state index contributed by atoms with van der Waals surface area (Å²) in [7, 11) is 5.84. The van der Waals surface area contributed by atoms with Gasteiger partial charge in [0.05, 0.1) is 33.7 Å². The molecule has 0 bridgehead atoms. The third-order valence-corrected chi connectivity index (χ3v) is 4.89. The lowest BCUT2D eigenvalue weighted by Crippen LogP contribution is -2.43. The SMILES string of the molecule is CCCC/C=C/C=C/C(O)CCCCCCCCC(=O)OC(CC(=O)O)C[N+](C)(C)C. The number of likely N-dealkylation sites (N-methyl/N-ethyl adjacent to an activating group) is 1. The number of aliphatic hydroxyl groups is 1. The Hall–Kier alpha value is -1.66. The molecular weight excluding hydrogens is 394 g/mol. The van der Waals surface area contributed by atoms with Gasteiger partial charge in [-0.3, -0.25) is 9.59 Å². The van der Waals surface area contributed by atoms with E-state index in [1.165, 1.54) is 12.8 Å². The number of quaternary nitrogens is 1. The summed E-state index contributed by atoms with van der Waals surface area (Å²) in [5, 5.41) is 18.9. The Labute approximate surface area is 189 Å². The number of rotatable bonds is 19. The van der Waals surface area contributed by atoms with Crippen LogP contribution in [0.1, 0.15) is 84.0 Å². The maximum atomic E-state index is 12.0. The number of unbranched alkanes of at least 4 members (excludes halogenated alkanes) is 7. The lowest BCUT2D eigenvalue weighted by atomic mass is 10.1. The van der Waals surface area contributed by atoms with Gasteiger partial charge in [0.25, 0.3) is 0 Å². The third kappa shape index (κ3) is 21.4. The first-order chi connectivity index (χ1) is 14.6. The quantitative estimate of drug-likeness (QED) is 0.130. The van der Waals surface area contributed by atoms with E-state index in [2.05, 4.69) is 13.0 Å². The normalized spacial score (nSPS) is 14.2. The van der Waals surface area contributed by atoms with Crippen molar-refractivity contribution in [2.45, 2.75) is 96.2 Å². The fraction of sp³-hybridized carbons (Fsp3) is 0.760. The van der Waals surface area contributed by atoms with E-state index in [9.17, 15) is 14.7 Å². The van der Waals surface area contributed by atoms with Gasteiger partial charge in [0, 0.05) is 6.42 Å². The number of carbonyl (C=O) groups is 2. The number of hydrogen-bond acceptors (Lipinski definition) is 4. The second kappa shape index (κ2) is 18.0. The molecule has 31 heavy (non-hydrogen) atoms. The fourth-order valence-electron chi connectivity index (χ4n) is 3.31. The van der Waals surface area contributed by atoms with Crippen LogP contribution in [0.2, 0.25) is 0 Å². The molecule has 0 heterocycles. The minimum atomic E-state index is -0.949. The Morgan fingerprint density at radius 2 is 1.61 bits per heavy atom. The van der Waals surface area contributed by atoms with E-state index in [1.54, 1.807) is 0 Å². The third-order valence-electron chi connectivity index (χ3n) is 4.89. The monoisotopic (exact) mass is 440 g/mol. The number of ether oxygens (including phenoxy) is 1. The Morgan fingerprint density at radius 3 is 2.23 bits per heavy atom. The molecule has 2 N–H and O–H groups in total. The molecule has 0 aliphatic carbocycles. The minimum Gasteiger partial charge on any atom is -0.481 e. The van der Waals surface area contributed by atoms with E-state index in [0.717, 1.165) is 51.4 Å². The molecule has 0 radical (unpaired) electrons. The van der Waals surface area contributed by atoms with Gasteiger partial charge in [-0.15, -0.1) is 0 Å². The number of carboxylic acids is 1. The molecule has 0 saturated carbocycles. The van der Waals surface area contributed by atoms with Gasteiger partial charge in [0.2, 0.25) is 0 Å². The van der Waals surface area contributed by atoms with Crippen molar-refractivity contribution in [3.63, 3.8) is 0 Å². The lowest BCUT2D eigenvalue weighted by molar-refractivity contribution is -0.873. The Bertz CT molecular complexity index is 537. The Morgan fingerprint density at radius 1 is 0.968 bits per heavy atom. The Balaban J connectivity index is 3.80. The average Bonchev–Trinajstić information content (AvgIpc) is 2.64. The lowest BCUT2D eigenvalue weighted by Gasteiger charge is -2.28. The number of aliphatic hydroxyl groups excluding tert-OH is 1. The van der Waals surface area contributed by atoms with Crippen LogP contribution in [0.5, 0.6) is 0 Å². The zero-order valence-electron chi connectivity index (χ0n) is 20.2. The highest BCUT2D eigenvalue weighted by atomic mass is 16.5. The standard InChI is InChI=1S/C25H45NO5/c1-5-6-7-8-11-14-17-22(27)18-15-12-9-10-13-16-19-25(30)31-23(20-24(28)29)21-26(2,3)4/h8,11,14,17,22-23,27H,5-7,9-10,12-13,15-16,18-21H2,1-4H3/p+1/b11-8+,17-14+. The van der Waals surface area contributed by atoms with Crippen LogP contribution < -0.4 is 0 Å². The molecule has 6 heteroatoms. The zero-order chi connectivity index (χ0) is 23.5. The molecule has 0 aromatic heterocycles. The van der Waals surface area contributed by atoms with Crippen LogP contribution in [0.15, 0.2) is 24.3 Å². The first-order valence-electron chi connectivity index (χ1n) is 11.9. The summed E-state index contributed by atoms with van der Waals surface area (Å²) in [6.07, 6.45) is 17.4. The van der Waals surface area contributed by atoms with Gasteiger partial charge in [-0.05, 0) is 19.3 Å². The van der Waals surface area contributed by atoms with Crippen LogP contribution in [0.3, 0.4) is 0 Å². The van der Waals surface area contributed by atoms with E-state index >= 15 is 0 Å². The van der Waals surface area contributed by atoms with Crippen LogP contribution in [0.25, 0.3) is 0 Å². The summed E-state index contributed by atoms with van der Waals surface area (Å²) in [6, 6.07) is 0. The molecule has 180 valence electrons. The first kappa shape index (κ1) is 29.3. The van der Waals surface area contributed by atoms with Crippen LogP contribution in [0, 0.1) is 0 Å². The molecule has 0 aliphatic rings. The van der Waals surface area contributed by atoms with Crippen molar-refractivity contribution >= 4 is 11.9 Å². The molecule has 0 fully saturated rings. The van der Waals surface area contributed by atoms with Gasteiger partial charge >= 0.3 is 11.9 Å². The highest BCUT2D eigenvalue weighted by Gasteiger charge is 2.24. The first-order valence-corrected chi connectivity index (χ1v) is 11.9. The van der Waals surface area contributed by atoms with E-state index in [0.29, 0.717) is 17.4 Å². The second-order valence-electron chi connectivity index (χ2n) is 9.37. The van der Waals surface area contributed by atoms with Gasteiger partial charge < -0.3 is 19.4 Å². The van der Waals surface area contributed by atoms with Crippen LogP contribution in [-0.2, 0) is 14.3 Å². The Kier molecular flexibility index (Phi) is 17.0. The van der Waals surface area contributed by atoms with Gasteiger partial charge in [-0.25, -0.2) is 0 Å². The highest BCUT2D eigenvalue weighted by molar-refractivity contribution is 5.71. The van der Waals surface area contributed by atoms with E-state index in [1.807, 2.05) is 39.4 Å². The summed E-state index contributed by atoms with van der Waals surface area (Å²) in [5.41, 5.74) is 0. The van der Waals surface area contributed by atoms with Crippen LogP contribution in [0.4, 0.5) is 0 Å². The van der Waals surface area contributed by atoms with Crippen molar-refractivity contribution < 1.29 is 29.0 Å². The number of carbonyl (C=O) groups excluding carboxylic acids is 1. The highest BCUT2D eigenvalue weighted by Crippen LogP contribution is 2.12.